The lowest BCUT2D eigenvalue weighted by Gasteiger charge is -2.03. The Bertz CT molecular complexity index is 1110. The molecule has 2 N–H and O–H groups in total. The Kier molecular flexibility index (Phi) is 5.31. The summed E-state index contributed by atoms with van der Waals surface area (Å²) in [5, 5.41) is 6.88. The molecule has 0 unspecified atom stereocenters. The van der Waals surface area contributed by atoms with E-state index in [0.29, 0.717) is 23.7 Å². The fraction of sp³-hybridized carbons (Fsp3) is 0.150. The van der Waals surface area contributed by atoms with Crippen LogP contribution in [0.4, 0.5) is 14.3 Å². The maximum Gasteiger partial charge on any atom is 0.321 e. The molecule has 0 fully saturated rings. The van der Waals surface area contributed by atoms with Crippen molar-refractivity contribution in [2.24, 2.45) is 0 Å². The Morgan fingerprint density at radius 2 is 2.04 bits per heavy atom. The number of carbonyl (C=O) groups excluding carboxylic acids is 1. The number of thiazole rings is 2. The highest BCUT2D eigenvalue weighted by Crippen LogP contribution is 2.23. The number of aryl methyl sites for hydroxylation is 1. The minimum atomic E-state index is -0.332. The van der Waals surface area contributed by atoms with Crippen molar-refractivity contribution in [3.63, 3.8) is 0 Å². The van der Waals surface area contributed by atoms with Gasteiger partial charge in [0.2, 0.25) is 0 Å². The van der Waals surface area contributed by atoms with Crippen molar-refractivity contribution in [1.82, 2.24) is 15.3 Å². The van der Waals surface area contributed by atoms with E-state index in [1.807, 2.05) is 30.3 Å². The molecule has 5 nitrogen and oxygen atoms in total. The molecule has 0 bridgehead atoms. The van der Waals surface area contributed by atoms with Gasteiger partial charge in [-0.3, -0.25) is 5.32 Å². The van der Waals surface area contributed by atoms with E-state index in [1.165, 1.54) is 17.4 Å². The van der Waals surface area contributed by atoms with Crippen molar-refractivity contribution >= 4 is 44.1 Å². The van der Waals surface area contributed by atoms with Gasteiger partial charge in [-0.15, -0.1) is 22.7 Å². The number of anilines is 1. The first-order valence-corrected chi connectivity index (χ1v) is 10.3. The van der Waals surface area contributed by atoms with Gasteiger partial charge < -0.3 is 5.32 Å². The molecule has 0 aliphatic heterocycles. The lowest BCUT2D eigenvalue weighted by molar-refractivity contribution is 0.251. The lowest BCUT2D eigenvalue weighted by Crippen LogP contribution is -2.28. The third-order valence-electron chi connectivity index (χ3n) is 4.13. The maximum absolute atomic E-state index is 13.7. The number of aromatic nitrogens is 2. The fourth-order valence-corrected chi connectivity index (χ4v) is 4.44. The molecule has 142 valence electrons. The molecule has 0 saturated carbocycles. The van der Waals surface area contributed by atoms with Gasteiger partial charge in [0.25, 0.3) is 0 Å². The average molecular weight is 413 g/mol. The first-order chi connectivity index (χ1) is 13.6. The fourth-order valence-electron chi connectivity index (χ4n) is 2.69. The topological polar surface area (TPSA) is 66.9 Å². The Hall–Kier alpha value is -2.84. The molecule has 28 heavy (non-hydrogen) atoms. The van der Waals surface area contributed by atoms with Crippen LogP contribution in [0.15, 0.2) is 48.7 Å². The Morgan fingerprint density at radius 3 is 2.86 bits per heavy atom. The van der Waals surface area contributed by atoms with Gasteiger partial charge in [0, 0.05) is 17.5 Å². The highest BCUT2D eigenvalue weighted by atomic mass is 32.1. The van der Waals surface area contributed by atoms with Crippen LogP contribution in [-0.4, -0.2) is 16.0 Å². The lowest BCUT2D eigenvalue weighted by atomic mass is 10.1. The molecule has 0 aliphatic rings. The van der Waals surface area contributed by atoms with Crippen molar-refractivity contribution < 1.29 is 9.18 Å². The summed E-state index contributed by atoms with van der Waals surface area (Å²) < 4.78 is 14.8. The van der Waals surface area contributed by atoms with Gasteiger partial charge in [0.05, 0.1) is 16.8 Å². The third-order valence-corrected chi connectivity index (χ3v) is 6.08. The quantitative estimate of drug-likeness (QED) is 0.478. The molecule has 4 rings (SSSR count). The first kappa shape index (κ1) is 18.5. The zero-order valence-electron chi connectivity index (χ0n) is 15.0. The Balaban J connectivity index is 1.32. The number of halogens is 1. The number of amides is 2. The summed E-state index contributed by atoms with van der Waals surface area (Å²) in [6, 6.07) is 12.7. The van der Waals surface area contributed by atoms with E-state index in [4.69, 9.17) is 0 Å². The molecular formula is C20H17FN4OS2. The monoisotopic (exact) mass is 412 g/mol. The number of nitrogens with zero attached hydrogens (tertiary/aromatic N) is 2. The van der Waals surface area contributed by atoms with Crippen LogP contribution >= 0.6 is 22.7 Å². The summed E-state index contributed by atoms with van der Waals surface area (Å²) in [7, 11) is 0. The van der Waals surface area contributed by atoms with E-state index < -0.39 is 0 Å². The molecule has 0 saturated heterocycles. The molecule has 2 amide bonds. The van der Waals surface area contributed by atoms with Gasteiger partial charge in [-0.25, -0.2) is 19.2 Å². The second kappa shape index (κ2) is 8.04. The van der Waals surface area contributed by atoms with Crippen molar-refractivity contribution in [2.75, 3.05) is 5.32 Å². The molecule has 4 aromatic rings. The van der Waals surface area contributed by atoms with Gasteiger partial charge in [-0.1, -0.05) is 24.3 Å². The number of hydrogen-bond acceptors (Lipinski definition) is 5. The number of urea groups is 1. The summed E-state index contributed by atoms with van der Waals surface area (Å²) in [5.41, 5.74) is 2.43. The number of hydrogen-bond donors (Lipinski definition) is 2. The van der Waals surface area contributed by atoms with Crippen molar-refractivity contribution in [3.8, 4) is 0 Å². The standard InChI is InChI=1S/C20H17FN4OS2/c1-12-6-7-13(9-15(12)21)8-14-10-23-20(27-14)25-19(26)22-11-18-24-16-4-2-3-5-17(16)28-18/h2-7,9-10H,8,11H2,1H3,(H2,22,23,25,26). The molecule has 0 aliphatic carbocycles. The average Bonchev–Trinajstić information content (AvgIpc) is 3.29. The van der Waals surface area contributed by atoms with Crippen LogP contribution in [0.3, 0.4) is 0 Å². The van der Waals surface area contributed by atoms with Gasteiger partial charge in [0.1, 0.15) is 10.8 Å². The maximum atomic E-state index is 13.7. The van der Waals surface area contributed by atoms with E-state index in [9.17, 15) is 9.18 Å². The van der Waals surface area contributed by atoms with Crippen LogP contribution < -0.4 is 10.6 Å². The normalized spacial score (nSPS) is 10.9. The highest BCUT2D eigenvalue weighted by Gasteiger charge is 2.09. The number of fused-ring (bicyclic) bond motifs is 1. The smallest absolute Gasteiger partial charge is 0.321 e. The van der Waals surface area contributed by atoms with Crippen LogP contribution in [0.25, 0.3) is 10.2 Å². The van der Waals surface area contributed by atoms with E-state index >= 15 is 0 Å². The molecule has 2 aromatic heterocycles. The van der Waals surface area contributed by atoms with E-state index in [1.54, 1.807) is 30.5 Å². The van der Waals surface area contributed by atoms with Gasteiger partial charge in [-0.05, 0) is 36.2 Å². The third kappa shape index (κ3) is 4.35. The number of para-hydroxylation sites is 1. The zero-order valence-corrected chi connectivity index (χ0v) is 16.7. The predicted molar refractivity (Wildman–Crippen MR) is 112 cm³/mol. The van der Waals surface area contributed by atoms with E-state index in [0.717, 1.165) is 25.7 Å². The summed E-state index contributed by atoms with van der Waals surface area (Å²) in [4.78, 5) is 21.8. The van der Waals surface area contributed by atoms with Crippen LogP contribution in [-0.2, 0) is 13.0 Å². The van der Waals surface area contributed by atoms with Crippen molar-refractivity contribution in [1.29, 1.82) is 0 Å². The molecule has 0 spiro atoms. The second-order valence-corrected chi connectivity index (χ2v) is 8.51. The largest absolute Gasteiger partial charge is 0.331 e. The van der Waals surface area contributed by atoms with Crippen molar-refractivity contribution in [3.05, 3.63) is 75.5 Å². The summed E-state index contributed by atoms with van der Waals surface area (Å²) in [6.45, 7) is 2.09. The summed E-state index contributed by atoms with van der Waals surface area (Å²) in [6.07, 6.45) is 2.27. The number of carbonyl (C=O) groups is 1. The molecule has 8 heteroatoms. The molecular weight excluding hydrogens is 395 g/mol. The first-order valence-electron chi connectivity index (χ1n) is 8.66. The minimum Gasteiger partial charge on any atom is -0.331 e. The Labute approximate surface area is 169 Å². The number of benzene rings is 2. The van der Waals surface area contributed by atoms with Crippen LogP contribution in [0, 0.1) is 12.7 Å². The Morgan fingerprint density at radius 1 is 1.18 bits per heavy atom. The highest BCUT2D eigenvalue weighted by molar-refractivity contribution is 7.18. The summed E-state index contributed by atoms with van der Waals surface area (Å²) >= 11 is 2.93. The van der Waals surface area contributed by atoms with Gasteiger partial charge >= 0.3 is 6.03 Å². The number of rotatable bonds is 5. The van der Waals surface area contributed by atoms with Crippen molar-refractivity contribution in [2.45, 2.75) is 19.9 Å². The summed E-state index contributed by atoms with van der Waals surface area (Å²) in [5.74, 6) is -0.213. The molecule has 2 aromatic carbocycles. The number of nitrogens with one attached hydrogen (secondary N) is 2. The minimum absolute atomic E-state index is 0.213. The zero-order chi connectivity index (χ0) is 19.5. The SMILES string of the molecule is Cc1ccc(Cc2cnc(NC(=O)NCc3nc4ccccc4s3)s2)cc1F. The predicted octanol–water partition coefficient (Wildman–Crippen LogP) is 5.11. The molecule has 0 radical (unpaired) electrons. The van der Waals surface area contributed by atoms with Gasteiger partial charge in [-0.2, -0.15) is 0 Å². The van der Waals surface area contributed by atoms with E-state index in [-0.39, 0.29) is 11.8 Å². The second-order valence-electron chi connectivity index (χ2n) is 6.28. The van der Waals surface area contributed by atoms with Gasteiger partial charge in [0.15, 0.2) is 5.13 Å². The van der Waals surface area contributed by atoms with Crippen LogP contribution in [0.2, 0.25) is 0 Å². The molecule has 0 atom stereocenters. The van der Waals surface area contributed by atoms with E-state index in [2.05, 4.69) is 20.6 Å². The van der Waals surface area contributed by atoms with Crippen LogP contribution in [0.5, 0.6) is 0 Å². The van der Waals surface area contributed by atoms with Crippen LogP contribution in [0.1, 0.15) is 21.0 Å². The molecule has 2 heterocycles.